The van der Waals surface area contributed by atoms with Crippen LogP contribution in [-0.2, 0) is 11.2 Å². The standard InChI is InChI=1S/C19H19ClN2O/c1-12-9-13(2)19(16(20)10-12)22-18(23)8-7-14-11-21-17-6-4-3-5-15(14)17/h3-6,9-11,21H,7-8H2,1-2H3,(H,22,23). The third-order valence-electron chi connectivity index (χ3n) is 3.99. The maximum absolute atomic E-state index is 12.3. The first kappa shape index (κ1) is 15.6. The van der Waals surface area contributed by atoms with Crippen molar-refractivity contribution >= 4 is 34.1 Å². The number of H-pyrrole nitrogens is 1. The van der Waals surface area contributed by atoms with Gasteiger partial charge in [0, 0.05) is 23.5 Å². The minimum absolute atomic E-state index is 0.0239. The Balaban J connectivity index is 1.69. The van der Waals surface area contributed by atoms with Gasteiger partial charge in [-0.05, 0) is 49.1 Å². The van der Waals surface area contributed by atoms with Gasteiger partial charge in [-0.15, -0.1) is 0 Å². The molecule has 3 rings (SSSR count). The summed E-state index contributed by atoms with van der Waals surface area (Å²) in [6, 6.07) is 12.0. The summed E-state index contributed by atoms with van der Waals surface area (Å²) in [6.07, 6.45) is 3.09. The molecule has 0 saturated carbocycles. The highest BCUT2D eigenvalue weighted by Crippen LogP contribution is 2.27. The lowest BCUT2D eigenvalue weighted by Crippen LogP contribution is -2.13. The molecule has 0 aliphatic rings. The predicted octanol–water partition coefficient (Wildman–Crippen LogP) is 5.01. The lowest BCUT2D eigenvalue weighted by molar-refractivity contribution is -0.116. The number of fused-ring (bicyclic) bond motifs is 1. The van der Waals surface area contributed by atoms with Crippen molar-refractivity contribution in [2.45, 2.75) is 26.7 Å². The van der Waals surface area contributed by atoms with Gasteiger partial charge in [-0.2, -0.15) is 0 Å². The number of rotatable bonds is 4. The molecule has 1 heterocycles. The number of hydrogen-bond donors (Lipinski definition) is 2. The Bertz CT molecular complexity index is 844. The van der Waals surface area contributed by atoms with E-state index >= 15 is 0 Å². The Kier molecular flexibility index (Phi) is 4.39. The monoisotopic (exact) mass is 326 g/mol. The molecule has 0 bridgehead atoms. The lowest BCUT2D eigenvalue weighted by Gasteiger charge is -2.11. The summed E-state index contributed by atoms with van der Waals surface area (Å²) in [5.41, 5.74) is 5.03. The van der Waals surface area contributed by atoms with Crippen LogP contribution in [0.4, 0.5) is 5.69 Å². The fourth-order valence-corrected chi connectivity index (χ4v) is 3.23. The second kappa shape index (κ2) is 6.47. The molecule has 3 aromatic rings. The summed E-state index contributed by atoms with van der Waals surface area (Å²) in [4.78, 5) is 15.5. The topological polar surface area (TPSA) is 44.9 Å². The number of aromatic amines is 1. The van der Waals surface area contributed by atoms with E-state index in [0.717, 1.165) is 22.2 Å². The average Bonchev–Trinajstić information content (AvgIpc) is 2.92. The molecule has 23 heavy (non-hydrogen) atoms. The first-order valence-electron chi connectivity index (χ1n) is 7.66. The van der Waals surface area contributed by atoms with Crippen LogP contribution in [0.15, 0.2) is 42.6 Å². The van der Waals surface area contributed by atoms with E-state index in [4.69, 9.17) is 11.6 Å². The molecule has 2 aromatic carbocycles. The third-order valence-corrected chi connectivity index (χ3v) is 4.29. The van der Waals surface area contributed by atoms with Crippen molar-refractivity contribution in [3.63, 3.8) is 0 Å². The van der Waals surface area contributed by atoms with E-state index in [2.05, 4.69) is 16.4 Å². The third kappa shape index (κ3) is 3.40. The summed E-state index contributed by atoms with van der Waals surface area (Å²) in [7, 11) is 0. The van der Waals surface area contributed by atoms with Gasteiger partial charge < -0.3 is 10.3 Å². The molecule has 4 heteroatoms. The van der Waals surface area contributed by atoms with Crippen molar-refractivity contribution in [2.75, 3.05) is 5.32 Å². The van der Waals surface area contributed by atoms with Gasteiger partial charge in [0.15, 0.2) is 0 Å². The van der Waals surface area contributed by atoms with E-state index in [9.17, 15) is 4.79 Å². The molecule has 0 aliphatic heterocycles. The van der Waals surface area contributed by atoms with Crippen molar-refractivity contribution in [1.29, 1.82) is 0 Å². The average molecular weight is 327 g/mol. The molecule has 0 spiro atoms. The van der Waals surface area contributed by atoms with Crippen LogP contribution in [0.25, 0.3) is 10.9 Å². The minimum atomic E-state index is -0.0239. The Morgan fingerprint density at radius 3 is 2.78 bits per heavy atom. The van der Waals surface area contributed by atoms with Crippen LogP contribution >= 0.6 is 11.6 Å². The second-order valence-electron chi connectivity index (χ2n) is 5.85. The highest BCUT2D eigenvalue weighted by atomic mass is 35.5. The van der Waals surface area contributed by atoms with Gasteiger partial charge in [0.1, 0.15) is 0 Å². The maximum atomic E-state index is 12.3. The van der Waals surface area contributed by atoms with Crippen molar-refractivity contribution in [3.05, 3.63) is 64.3 Å². The van der Waals surface area contributed by atoms with E-state index in [1.165, 1.54) is 5.39 Å². The number of benzene rings is 2. The molecule has 118 valence electrons. The summed E-state index contributed by atoms with van der Waals surface area (Å²) in [5, 5.41) is 4.69. The molecule has 0 fully saturated rings. The maximum Gasteiger partial charge on any atom is 0.224 e. The minimum Gasteiger partial charge on any atom is -0.361 e. The highest BCUT2D eigenvalue weighted by Gasteiger charge is 2.11. The summed E-state index contributed by atoms with van der Waals surface area (Å²) < 4.78 is 0. The molecule has 0 radical (unpaired) electrons. The number of nitrogens with one attached hydrogen (secondary N) is 2. The number of carbonyl (C=O) groups excluding carboxylic acids is 1. The smallest absolute Gasteiger partial charge is 0.224 e. The zero-order valence-electron chi connectivity index (χ0n) is 13.2. The van der Waals surface area contributed by atoms with Crippen LogP contribution in [-0.4, -0.2) is 10.9 Å². The number of carbonyl (C=O) groups is 1. The predicted molar refractivity (Wildman–Crippen MR) is 96.2 cm³/mol. The van der Waals surface area contributed by atoms with Crippen molar-refractivity contribution in [1.82, 2.24) is 4.98 Å². The number of aromatic nitrogens is 1. The number of para-hydroxylation sites is 1. The van der Waals surface area contributed by atoms with Crippen LogP contribution < -0.4 is 5.32 Å². The summed E-state index contributed by atoms with van der Waals surface area (Å²) in [6.45, 7) is 3.94. The lowest BCUT2D eigenvalue weighted by atomic mass is 10.1. The van der Waals surface area contributed by atoms with Crippen LogP contribution in [0.1, 0.15) is 23.1 Å². The van der Waals surface area contributed by atoms with Gasteiger partial charge in [-0.25, -0.2) is 0 Å². The van der Waals surface area contributed by atoms with Crippen LogP contribution in [0, 0.1) is 13.8 Å². The van der Waals surface area contributed by atoms with E-state index in [-0.39, 0.29) is 5.91 Å². The van der Waals surface area contributed by atoms with E-state index < -0.39 is 0 Å². The largest absolute Gasteiger partial charge is 0.361 e. The van der Waals surface area contributed by atoms with Crippen molar-refractivity contribution in [2.24, 2.45) is 0 Å². The van der Waals surface area contributed by atoms with Gasteiger partial charge >= 0.3 is 0 Å². The van der Waals surface area contributed by atoms with Crippen LogP contribution in [0.5, 0.6) is 0 Å². The first-order valence-corrected chi connectivity index (χ1v) is 8.04. The second-order valence-corrected chi connectivity index (χ2v) is 6.25. The molecule has 0 saturated heterocycles. The molecular formula is C19H19ClN2O. The molecule has 0 aliphatic carbocycles. The van der Waals surface area contributed by atoms with E-state index in [1.807, 2.05) is 50.4 Å². The van der Waals surface area contributed by atoms with Crippen LogP contribution in [0.3, 0.4) is 0 Å². The van der Waals surface area contributed by atoms with Crippen molar-refractivity contribution in [3.8, 4) is 0 Å². The number of amides is 1. The molecule has 3 nitrogen and oxygen atoms in total. The van der Waals surface area contributed by atoms with Gasteiger partial charge in [-0.1, -0.05) is 35.9 Å². The zero-order valence-corrected chi connectivity index (χ0v) is 14.0. The van der Waals surface area contributed by atoms with Gasteiger partial charge in [-0.3, -0.25) is 4.79 Å². The summed E-state index contributed by atoms with van der Waals surface area (Å²) in [5.74, 6) is -0.0239. The van der Waals surface area contributed by atoms with E-state index in [0.29, 0.717) is 23.6 Å². The Morgan fingerprint density at radius 1 is 1.22 bits per heavy atom. The van der Waals surface area contributed by atoms with Gasteiger partial charge in [0.2, 0.25) is 5.91 Å². The normalized spacial score (nSPS) is 10.9. The Morgan fingerprint density at radius 2 is 2.00 bits per heavy atom. The summed E-state index contributed by atoms with van der Waals surface area (Å²) >= 11 is 6.24. The fraction of sp³-hybridized carbons (Fsp3) is 0.211. The zero-order chi connectivity index (χ0) is 16.4. The van der Waals surface area contributed by atoms with Gasteiger partial charge in [0.05, 0.1) is 10.7 Å². The molecule has 1 aromatic heterocycles. The van der Waals surface area contributed by atoms with Gasteiger partial charge in [0.25, 0.3) is 0 Å². The fourth-order valence-electron chi connectivity index (χ4n) is 2.86. The Hall–Kier alpha value is -2.26. The van der Waals surface area contributed by atoms with Crippen LogP contribution in [0.2, 0.25) is 5.02 Å². The van der Waals surface area contributed by atoms with Crippen molar-refractivity contribution < 1.29 is 4.79 Å². The van der Waals surface area contributed by atoms with E-state index in [1.54, 1.807) is 0 Å². The molecule has 0 atom stereocenters. The number of anilines is 1. The quantitative estimate of drug-likeness (QED) is 0.695. The highest BCUT2D eigenvalue weighted by molar-refractivity contribution is 6.34. The Labute approximate surface area is 140 Å². The first-order chi connectivity index (χ1) is 11.0. The molecule has 1 amide bonds. The molecular weight excluding hydrogens is 308 g/mol. The molecule has 0 unspecified atom stereocenters. The number of aryl methyl sites for hydroxylation is 3. The molecule has 2 N–H and O–H groups in total. The number of hydrogen-bond acceptors (Lipinski definition) is 1. The number of halogens is 1. The SMILES string of the molecule is Cc1cc(C)c(NC(=O)CCc2c[nH]c3ccccc23)c(Cl)c1.